The number of nitrogens with zero attached hydrogens (tertiary/aromatic N) is 2. The zero-order valence-corrected chi connectivity index (χ0v) is 13.5. The summed E-state index contributed by atoms with van der Waals surface area (Å²) < 4.78 is 5.35. The molecule has 0 radical (unpaired) electrons. The fraction of sp³-hybridized carbons (Fsp3) is 0.389. The van der Waals surface area contributed by atoms with Crippen molar-refractivity contribution >= 4 is 12.1 Å². The first kappa shape index (κ1) is 16.8. The average Bonchev–Trinajstić information content (AvgIpc) is 2.55. The molecule has 5 heteroatoms. The Balaban J connectivity index is 1.79. The molecule has 1 aliphatic carbocycles. The Kier molecular flexibility index (Phi) is 5.93. The first-order valence-electron chi connectivity index (χ1n) is 7.69. The van der Waals surface area contributed by atoms with E-state index >= 15 is 0 Å². The van der Waals surface area contributed by atoms with Gasteiger partial charge in [0.2, 0.25) is 0 Å². The van der Waals surface area contributed by atoms with Gasteiger partial charge in [-0.1, -0.05) is 30.7 Å². The number of carbonyl (C=O) groups is 1. The van der Waals surface area contributed by atoms with Gasteiger partial charge in [0, 0.05) is 12.1 Å². The number of hydrogen-bond acceptors (Lipinski definition) is 4. The summed E-state index contributed by atoms with van der Waals surface area (Å²) >= 11 is 0. The van der Waals surface area contributed by atoms with Crippen LogP contribution in [0.3, 0.4) is 0 Å². The minimum atomic E-state index is -0.343. The number of carbonyl (C=O) groups excluding carboxylic acids is 1. The number of para-hydroxylation sites is 1. The third-order valence-corrected chi connectivity index (χ3v) is 3.93. The van der Waals surface area contributed by atoms with Crippen molar-refractivity contribution < 1.29 is 9.53 Å². The summed E-state index contributed by atoms with van der Waals surface area (Å²) in [6, 6.07) is 8.83. The standard InChI is InChI=1S/C18H21N3O2/c1-13-7-8-16(14(2)9-13)11-20-21-18(22)12-23-17-6-4-3-5-15(17)10-19/h3-7,11,14,16H,8-9,12H2,1-2H3,(H,21,22)/b20-11+. The Bertz CT molecular complexity index is 658. The van der Waals surface area contributed by atoms with Gasteiger partial charge in [-0.3, -0.25) is 4.79 Å². The first-order chi connectivity index (χ1) is 11.1. The predicted molar refractivity (Wildman–Crippen MR) is 88.9 cm³/mol. The first-order valence-corrected chi connectivity index (χ1v) is 7.69. The lowest BCUT2D eigenvalue weighted by molar-refractivity contribution is -0.123. The summed E-state index contributed by atoms with van der Waals surface area (Å²) in [6.07, 6.45) is 6.05. The van der Waals surface area contributed by atoms with Gasteiger partial charge in [-0.2, -0.15) is 10.4 Å². The van der Waals surface area contributed by atoms with Gasteiger partial charge >= 0.3 is 0 Å². The van der Waals surface area contributed by atoms with Crippen LogP contribution >= 0.6 is 0 Å². The van der Waals surface area contributed by atoms with Gasteiger partial charge in [0.25, 0.3) is 5.91 Å². The van der Waals surface area contributed by atoms with Crippen molar-refractivity contribution in [2.24, 2.45) is 16.9 Å². The van der Waals surface area contributed by atoms with Gasteiger partial charge in [0.1, 0.15) is 11.8 Å². The second-order valence-electron chi connectivity index (χ2n) is 5.84. The van der Waals surface area contributed by atoms with Gasteiger partial charge < -0.3 is 4.74 Å². The Morgan fingerprint density at radius 3 is 3.04 bits per heavy atom. The molecule has 0 saturated heterocycles. The Hall–Kier alpha value is -2.61. The molecule has 2 unspecified atom stereocenters. The van der Waals surface area contributed by atoms with Crippen molar-refractivity contribution in [1.29, 1.82) is 5.26 Å². The van der Waals surface area contributed by atoms with Crippen LogP contribution in [-0.2, 0) is 4.79 Å². The van der Waals surface area contributed by atoms with Gasteiger partial charge in [-0.25, -0.2) is 5.43 Å². The second kappa shape index (κ2) is 8.14. The molecule has 0 aromatic heterocycles. The van der Waals surface area contributed by atoms with E-state index < -0.39 is 0 Å². The van der Waals surface area contributed by atoms with Crippen LogP contribution in [0, 0.1) is 23.2 Å². The summed E-state index contributed by atoms with van der Waals surface area (Å²) in [7, 11) is 0. The monoisotopic (exact) mass is 311 g/mol. The average molecular weight is 311 g/mol. The number of hydrazone groups is 1. The lowest BCUT2D eigenvalue weighted by Gasteiger charge is -2.24. The summed E-state index contributed by atoms with van der Waals surface area (Å²) in [4.78, 5) is 11.7. The van der Waals surface area contributed by atoms with E-state index in [1.165, 1.54) is 5.57 Å². The molecule has 1 N–H and O–H groups in total. The van der Waals surface area contributed by atoms with Gasteiger partial charge in [0.15, 0.2) is 6.61 Å². The smallest absolute Gasteiger partial charge is 0.277 e. The van der Waals surface area contributed by atoms with Crippen LogP contribution < -0.4 is 10.2 Å². The quantitative estimate of drug-likeness (QED) is 0.516. The van der Waals surface area contributed by atoms with Crippen LogP contribution in [0.15, 0.2) is 41.0 Å². The maximum Gasteiger partial charge on any atom is 0.277 e. The third-order valence-electron chi connectivity index (χ3n) is 3.93. The molecule has 1 aromatic carbocycles. The Morgan fingerprint density at radius 1 is 1.52 bits per heavy atom. The van der Waals surface area contributed by atoms with Crippen LogP contribution in [0.2, 0.25) is 0 Å². The molecule has 1 aromatic rings. The molecule has 0 heterocycles. The van der Waals surface area contributed by atoms with E-state index in [4.69, 9.17) is 10.00 Å². The zero-order valence-electron chi connectivity index (χ0n) is 13.5. The van der Waals surface area contributed by atoms with E-state index in [-0.39, 0.29) is 12.5 Å². The molecule has 1 aliphatic rings. The molecule has 0 bridgehead atoms. The zero-order chi connectivity index (χ0) is 16.7. The lowest BCUT2D eigenvalue weighted by Crippen LogP contribution is -2.26. The number of benzene rings is 1. The fourth-order valence-corrected chi connectivity index (χ4v) is 2.59. The summed E-state index contributed by atoms with van der Waals surface area (Å²) in [5.41, 5.74) is 4.29. The predicted octanol–water partition coefficient (Wildman–Crippen LogP) is 3.03. The Labute approximate surface area is 136 Å². The van der Waals surface area contributed by atoms with Crippen molar-refractivity contribution in [2.45, 2.75) is 26.7 Å². The number of nitrogens with one attached hydrogen (secondary N) is 1. The molecule has 120 valence electrons. The normalized spacial score (nSPS) is 20.7. The van der Waals surface area contributed by atoms with Crippen LogP contribution in [0.25, 0.3) is 0 Å². The molecule has 0 spiro atoms. The molecule has 23 heavy (non-hydrogen) atoms. The van der Waals surface area contributed by atoms with E-state index in [9.17, 15) is 4.79 Å². The van der Waals surface area contributed by atoms with Crippen molar-refractivity contribution in [3.63, 3.8) is 0 Å². The molecular weight excluding hydrogens is 290 g/mol. The summed E-state index contributed by atoms with van der Waals surface area (Å²) in [5, 5.41) is 13.0. The lowest BCUT2D eigenvalue weighted by atomic mass is 9.82. The van der Waals surface area contributed by atoms with Crippen molar-refractivity contribution in [1.82, 2.24) is 5.43 Å². The highest BCUT2D eigenvalue weighted by molar-refractivity contribution is 5.78. The minimum absolute atomic E-state index is 0.171. The van der Waals surface area contributed by atoms with Crippen molar-refractivity contribution in [2.75, 3.05) is 6.61 Å². The van der Waals surface area contributed by atoms with Crippen LogP contribution in [-0.4, -0.2) is 18.7 Å². The van der Waals surface area contributed by atoms with Gasteiger partial charge in [-0.05, 0) is 37.8 Å². The third kappa shape index (κ3) is 4.96. The number of nitriles is 1. The number of allylic oxidation sites excluding steroid dienone is 2. The fourth-order valence-electron chi connectivity index (χ4n) is 2.59. The number of rotatable bonds is 5. The summed E-state index contributed by atoms with van der Waals surface area (Å²) in [6.45, 7) is 4.16. The second-order valence-corrected chi connectivity index (χ2v) is 5.84. The molecule has 2 atom stereocenters. The molecule has 2 rings (SSSR count). The molecular formula is C18H21N3O2. The van der Waals surface area contributed by atoms with Crippen LogP contribution in [0.4, 0.5) is 0 Å². The number of ether oxygens (including phenoxy) is 1. The van der Waals surface area contributed by atoms with Crippen molar-refractivity contribution in [3.05, 3.63) is 41.5 Å². The van der Waals surface area contributed by atoms with E-state index in [2.05, 4.69) is 30.5 Å². The van der Waals surface area contributed by atoms with Crippen LogP contribution in [0.1, 0.15) is 32.3 Å². The number of amides is 1. The van der Waals surface area contributed by atoms with Gasteiger partial charge in [-0.15, -0.1) is 0 Å². The molecule has 5 nitrogen and oxygen atoms in total. The van der Waals surface area contributed by atoms with Crippen LogP contribution in [0.5, 0.6) is 5.75 Å². The largest absolute Gasteiger partial charge is 0.482 e. The highest BCUT2D eigenvalue weighted by Crippen LogP contribution is 2.27. The van der Waals surface area contributed by atoms with E-state index in [1.807, 2.05) is 6.07 Å². The summed E-state index contributed by atoms with van der Waals surface area (Å²) in [5.74, 6) is 0.929. The molecule has 1 amide bonds. The molecule has 0 fully saturated rings. The van der Waals surface area contributed by atoms with E-state index in [1.54, 1.807) is 30.5 Å². The minimum Gasteiger partial charge on any atom is -0.482 e. The van der Waals surface area contributed by atoms with Crippen molar-refractivity contribution in [3.8, 4) is 11.8 Å². The highest BCUT2D eigenvalue weighted by atomic mass is 16.5. The van der Waals surface area contributed by atoms with Gasteiger partial charge in [0.05, 0.1) is 5.56 Å². The van der Waals surface area contributed by atoms with E-state index in [0.29, 0.717) is 23.1 Å². The van der Waals surface area contributed by atoms with E-state index in [0.717, 1.165) is 12.8 Å². The Morgan fingerprint density at radius 2 is 2.30 bits per heavy atom. The molecule has 0 saturated carbocycles. The molecule has 0 aliphatic heterocycles. The highest BCUT2D eigenvalue weighted by Gasteiger charge is 2.18. The number of hydrogen-bond donors (Lipinski definition) is 1. The SMILES string of the molecule is CC1=CCC(/C=N/NC(=O)COc2ccccc2C#N)C(C)C1. The maximum absolute atomic E-state index is 11.7. The maximum atomic E-state index is 11.7. The topological polar surface area (TPSA) is 74.5 Å².